The summed E-state index contributed by atoms with van der Waals surface area (Å²) in [5, 5.41) is 58.9. The van der Waals surface area contributed by atoms with Gasteiger partial charge in [0.1, 0.15) is 24.2 Å². The van der Waals surface area contributed by atoms with Crippen LogP contribution in [0, 0.1) is 0 Å². The molecule has 0 saturated carbocycles. The number of rotatable bonds is 34. The maximum atomic E-state index is 14.0. The van der Waals surface area contributed by atoms with E-state index in [9.17, 15) is 78.0 Å². The van der Waals surface area contributed by atoms with Crippen LogP contribution in [0.3, 0.4) is 0 Å². The van der Waals surface area contributed by atoms with Crippen molar-refractivity contribution in [2.45, 2.75) is 101 Å². The number of ether oxygens (including phenoxy) is 2. The molecule has 1 unspecified atom stereocenters. The summed E-state index contributed by atoms with van der Waals surface area (Å²) in [6, 6.07) is 2.67. The van der Waals surface area contributed by atoms with E-state index in [4.69, 9.17) is 20.9 Å². The minimum absolute atomic E-state index is 0.00200. The first-order valence-electron chi connectivity index (χ1n) is 29.3. The van der Waals surface area contributed by atoms with E-state index in [-0.39, 0.29) is 199 Å². The molecule has 16 N–H and O–H groups in total. The number of carboxylic acid groups (broad SMARTS) is 4. The molecular formula is C55H89N15O18. The fraction of sp³-hybridized carbons (Fsp3) is 0.655. The number of carbonyl (C=O) groups excluding carboxylic acids is 8. The molecule has 0 spiro atoms. The number of unbranched alkanes of at least 4 members (excludes halogenated alkanes) is 1. The van der Waals surface area contributed by atoms with Gasteiger partial charge in [-0.25, -0.2) is 0 Å². The van der Waals surface area contributed by atoms with Crippen LogP contribution in [0.2, 0.25) is 0 Å². The molecule has 2 aliphatic heterocycles. The van der Waals surface area contributed by atoms with Crippen LogP contribution >= 0.6 is 0 Å². The highest BCUT2D eigenvalue weighted by atomic mass is 16.5. The number of amides is 8. The van der Waals surface area contributed by atoms with E-state index in [1.165, 1.54) is 0 Å². The topological polar surface area (TPSA) is 478 Å². The predicted molar refractivity (Wildman–Crippen MR) is 315 cm³/mol. The average Bonchev–Trinajstić information content (AvgIpc) is 3.63. The van der Waals surface area contributed by atoms with Crippen LogP contribution in [-0.2, 0) is 73.4 Å². The molecule has 2 heterocycles. The third kappa shape index (κ3) is 33.7. The lowest BCUT2D eigenvalue weighted by Crippen LogP contribution is -2.58. The van der Waals surface area contributed by atoms with Gasteiger partial charge < -0.3 is 83.9 Å². The number of carbonyl (C=O) groups is 12. The number of carboxylic acids is 4. The van der Waals surface area contributed by atoms with Crippen molar-refractivity contribution in [3.05, 3.63) is 35.9 Å². The van der Waals surface area contributed by atoms with Gasteiger partial charge in [-0.1, -0.05) is 30.3 Å². The van der Waals surface area contributed by atoms with Gasteiger partial charge in [0.25, 0.3) is 0 Å². The number of aliphatic imine (C=N–C) groups is 1. The summed E-state index contributed by atoms with van der Waals surface area (Å²) in [4.78, 5) is 163. The molecule has 88 heavy (non-hydrogen) atoms. The molecule has 0 aliphatic carbocycles. The first-order chi connectivity index (χ1) is 41.9. The highest BCUT2D eigenvalue weighted by molar-refractivity contribution is 5.98. The fourth-order valence-corrected chi connectivity index (χ4v) is 9.19. The maximum Gasteiger partial charge on any atom is 0.317 e. The van der Waals surface area contributed by atoms with Gasteiger partial charge in [-0.3, -0.25) is 82.1 Å². The van der Waals surface area contributed by atoms with Gasteiger partial charge in [0.05, 0.1) is 65.6 Å². The summed E-state index contributed by atoms with van der Waals surface area (Å²) in [6.45, 7) is 3.27. The summed E-state index contributed by atoms with van der Waals surface area (Å²) in [5.41, 5.74) is 11.5. The number of benzene rings is 1. The Morgan fingerprint density at radius 1 is 0.568 bits per heavy atom. The lowest BCUT2D eigenvalue weighted by atomic mass is 10.0. The molecule has 3 rings (SSSR count). The van der Waals surface area contributed by atoms with Gasteiger partial charge in [0.15, 0.2) is 5.96 Å². The number of nitrogens with zero attached hydrogens (tertiary/aromatic N) is 5. The third-order valence-electron chi connectivity index (χ3n) is 13.8. The Balaban J connectivity index is 1.42. The third-order valence-corrected chi connectivity index (χ3v) is 13.8. The van der Waals surface area contributed by atoms with Crippen LogP contribution < -0.4 is 54.0 Å². The Bertz CT molecular complexity index is 2440. The predicted octanol–water partition coefficient (Wildman–Crippen LogP) is -5.59. The van der Waals surface area contributed by atoms with E-state index in [0.717, 1.165) is 0 Å². The minimum Gasteiger partial charge on any atom is -0.481 e. The van der Waals surface area contributed by atoms with E-state index in [0.29, 0.717) is 18.4 Å². The Hall–Kier alpha value is -8.11. The van der Waals surface area contributed by atoms with Crippen molar-refractivity contribution >= 4 is 77.1 Å². The number of nitrogens with two attached hydrogens (primary N) is 2. The molecule has 0 bridgehead atoms. The van der Waals surface area contributed by atoms with E-state index >= 15 is 0 Å². The Kier molecular flexibility index (Phi) is 35.3. The largest absolute Gasteiger partial charge is 0.481 e. The Labute approximate surface area is 510 Å². The molecule has 2 saturated heterocycles. The van der Waals surface area contributed by atoms with E-state index in [2.05, 4.69) is 47.5 Å². The monoisotopic (exact) mass is 1250 g/mol. The van der Waals surface area contributed by atoms with Crippen LogP contribution in [0.5, 0.6) is 0 Å². The van der Waals surface area contributed by atoms with Crippen molar-refractivity contribution in [2.75, 3.05) is 131 Å². The van der Waals surface area contributed by atoms with Crippen molar-refractivity contribution in [2.24, 2.45) is 16.5 Å². The lowest BCUT2D eigenvalue weighted by molar-refractivity contribution is -0.141. The summed E-state index contributed by atoms with van der Waals surface area (Å²) in [5.74, 6) is -9.98. The van der Waals surface area contributed by atoms with Gasteiger partial charge in [0.2, 0.25) is 47.3 Å². The standard InChI is InChI=1S/C55H89N15O18/c1-37(62-46(74)33-67-18-20-68(34-48(77)78)22-24-70(36-50(81)82)25-23-69(21-19-67)35-49(79)80)12-13-43(71)59-17-27-88-29-28-87-26-14-44(72)58-15-6-5-10-40-52(84)64-39(11-7-16-60-55(56)57)51(83)61-32-45(73)63-42(31-47(75)76)54(86)66-41(53(85)65-40)30-38-8-3-2-4-9-38/h2-4,8-9,37,39-42H,5-7,10-36H2,1H3,(H,58,72)(H,59,71)(H,61,83)(H,62,74)(H,63,73)(H,64,84)(H,65,85)(H,66,86)(H,75,76)(H,77,78)(H,79,80)(H,81,82)(H4,56,57,60)/t37?,39-,40-,41+,42-/m0/s1. The number of nitrogens with one attached hydrogen (secondary N) is 8. The molecule has 1 aromatic rings. The van der Waals surface area contributed by atoms with Gasteiger partial charge in [-0.15, -0.1) is 0 Å². The normalized spacial score (nSPS) is 19.6. The Morgan fingerprint density at radius 2 is 1.06 bits per heavy atom. The highest BCUT2D eigenvalue weighted by Crippen LogP contribution is 2.10. The maximum absolute atomic E-state index is 14.0. The first-order valence-corrected chi connectivity index (χ1v) is 29.3. The molecule has 0 aromatic heterocycles. The minimum atomic E-state index is -1.64. The number of aliphatic carboxylic acids is 4. The molecule has 33 nitrogen and oxygen atoms in total. The zero-order valence-electron chi connectivity index (χ0n) is 49.9. The van der Waals surface area contributed by atoms with Crippen LogP contribution in [-0.4, -0.2) is 278 Å². The van der Waals surface area contributed by atoms with Crippen molar-refractivity contribution in [3.8, 4) is 0 Å². The van der Waals surface area contributed by atoms with E-state index in [1.807, 2.05) is 0 Å². The van der Waals surface area contributed by atoms with Gasteiger partial charge in [-0.05, 0) is 51.0 Å². The lowest BCUT2D eigenvalue weighted by Gasteiger charge is -2.33. The molecule has 2 aliphatic rings. The van der Waals surface area contributed by atoms with Crippen LogP contribution in [0.4, 0.5) is 0 Å². The summed E-state index contributed by atoms with van der Waals surface area (Å²) in [6.07, 6.45) is 0.371. The molecule has 0 radical (unpaired) electrons. The van der Waals surface area contributed by atoms with E-state index in [1.54, 1.807) is 56.9 Å². The van der Waals surface area contributed by atoms with E-state index < -0.39 is 90.5 Å². The molecule has 8 amide bonds. The molecule has 2 fully saturated rings. The fourth-order valence-electron chi connectivity index (χ4n) is 9.19. The molecule has 5 atom stereocenters. The SMILES string of the molecule is CC(CCC(=O)NCCOCCOCCC(=O)NCCCC[C@@H]1NC(=O)[C@@H](Cc2ccccc2)NC(=O)[C@H](CC(=O)O)NC(=O)CNC(=O)[C@H](CCCN=C(N)N)NC1=O)NC(=O)CN1CCN(CC(=O)O)CCN(CC(=O)O)CCN(CC(=O)O)CC1. The van der Waals surface area contributed by atoms with Gasteiger partial charge in [0, 0.05) is 97.3 Å². The average molecular weight is 1250 g/mol. The zero-order valence-corrected chi connectivity index (χ0v) is 49.9. The summed E-state index contributed by atoms with van der Waals surface area (Å²) < 4.78 is 11.1. The Morgan fingerprint density at radius 3 is 1.61 bits per heavy atom. The van der Waals surface area contributed by atoms with Crippen molar-refractivity contribution in [1.82, 2.24) is 62.1 Å². The second kappa shape index (κ2) is 41.9. The zero-order chi connectivity index (χ0) is 64.8. The van der Waals surface area contributed by atoms with Gasteiger partial charge >= 0.3 is 23.9 Å². The molecule has 1 aromatic carbocycles. The van der Waals surface area contributed by atoms with Crippen LogP contribution in [0.25, 0.3) is 0 Å². The van der Waals surface area contributed by atoms with Crippen LogP contribution in [0.15, 0.2) is 35.3 Å². The molecule has 33 heteroatoms. The summed E-state index contributed by atoms with van der Waals surface area (Å²) in [7, 11) is 0. The second-order valence-electron chi connectivity index (χ2n) is 21.2. The smallest absolute Gasteiger partial charge is 0.317 e. The van der Waals surface area contributed by atoms with Crippen molar-refractivity contribution in [1.29, 1.82) is 0 Å². The van der Waals surface area contributed by atoms with Crippen molar-refractivity contribution < 1.29 is 87.4 Å². The molecule has 492 valence electrons. The molecular weight excluding hydrogens is 1160 g/mol. The quantitative estimate of drug-likeness (QED) is 0.0174. The van der Waals surface area contributed by atoms with Gasteiger partial charge in [-0.2, -0.15) is 0 Å². The number of hydrogen-bond donors (Lipinski definition) is 14. The highest BCUT2D eigenvalue weighted by Gasteiger charge is 2.33. The second-order valence-corrected chi connectivity index (χ2v) is 21.2. The summed E-state index contributed by atoms with van der Waals surface area (Å²) >= 11 is 0. The number of guanidine groups is 1. The number of hydrogen-bond acceptors (Lipinski definition) is 19. The van der Waals surface area contributed by atoms with Crippen LogP contribution in [0.1, 0.15) is 70.3 Å². The first kappa shape index (κ1) is 74.1. The van der Waals surface area contributed by atoms with Crippen molar-refractivity contribution in [3.63, 3.8) is 0 Å².